The fraction of sp³-hybridized carbons (Fsp3) is 0.182. The molecule has 90 valence electrons. The lowest BCUT2D eigenvalue weighted by atomic mass is 10.3. The van der Waals surface area contributed by atoms with Crippen molar-refractivity contribution < 1.29 is 13.6 Å². The van der Waals surface area contributed by atoms with E-state index in [1.807, 2.05) is 0 Å². The summed E-state index contributed by atoms with van der Waals surface area (Å²) in [6.07, 6.45) is 4.97. The fourth-order valence-electron chi connectivity index (χ4n) is 1.09. The smallest absolute Gasteiger partial charge is 0.238 e. The van der Waals surface area contributed by atoms with Crippen molar-refractivity contribution in [2.75, 3.05) is 18.4 Å². The van der Waals surface area contributed by atoms with E-state index in [2.05, 4.69) is 16.6 Å². The lowest BCUT2D eigenvalue weighted by molar-refractivity contribution is -0.115. The molecular formula is C11H9ClF2N2O. The summed E-state index contributed by atoms with van der Waals surface area (Å²) in [6.45, 7) is 0.129. The summed E-state index contributed by atoms with van der Waals surface area (Å²) < 4.78 is 26.0. The van der Waals surface area contributed by atoms with Crippen LogP contribution < -0.4 is 10.6 Å². The van der Waals surface area contributed by atoms with Crippen LogP contribution in [-0.2, 0) is 4.79 Å². The average Bonchev–Trinajstić information content (AvgIpc) is 2.24. The Morgan fingerprint density at radius 3 is 2.76 bits per heavy atom. The number of nitrogens with one attached hydrogen (secondary N) is 2. The second kappa shape index (κ2) is 6.18. The zero-order chi connectivity index (χ0) is 12.8. The highest BCUT2D eigenvalue weighted by molar-refractivity contribution is 6.33. The molecule has 17 heavy (non-hydrogen) atoms. The van der Waals surface area contributed by atoms with E-state index < -0.39 is 17.5 Å². The first kappa shape index (κ1) is 13.4. The van der Waals surface area contributed by atoms with Crippen molar-refractivity contribution in [3.63, 3.8) is 0 Å². The Morgan fingerprint density at radius 2 is 2.18 bits per heavy atom. The molecular weight excluding hydrogens is 250 g/mol. The number of terminal acetylenes is 1. The van der Waals surface area contributed by atoms with Crippen molar-refractivity contribution in [3.8, 4) is 12.3 Å². The summed E-state index contributed by atoms with van der Waals surface area (Å²) in [5.74, 6) is 0.0160. The summed E-state index contributed by atoms with van der Waals surface area (Å²) in [5.41, 5.74) is -0.249. The molecule has 0 saturated carbocycles. The van der Waals surface area contributed by atoms with Crippen molar-refractivity contribution in [2.24, 2.45) is 0 Å². The van der Waals surface area contributed by atoms with Crippen LogP contribution in [0.3, 0.4) is 0 Å². The predicted molar refractivity (Wildman–Crippen MR) is 61.7 cm³/mol. The quantitative estimate of drug-likeness (QED) is 0.639. The molecule has 6 heteroatoms. The number of rotatable bonds is 4. The molecule has 0 heterocycles. The Morgan fingerprint density at radius 1 is 1.47 bits per heavy atom. The van der Waals surface area contributed by atoms with Gasteiger partial charge in [-0.05, 0) is 6.07 Å². The molecule has 0 radical (unpaired) electrons. The molecule has 3 nitrogen and oxygen atoms in total. The van der Waals surface area contributed by atoms with Crippen LogP contribution in [-0.4, -0.2) is 19.0 Å². The first-order valence-electron chi connectivity index (χ1n) is 4.63. The standard InChI is InChI=1S/C11H9ClF2N2O/c1-2-3-15-6-10(17)16-11-8(12)4-7(13)5-9(11)14/h1,4-5,15H,3,6H2,(H,16,17). The van der Waals surface area contributed by atoms with E-state index in [0.29, 0.717) is 6.07 Å². The molecule has 1 aromatic carbocycles. The molecule has 0 aromatic heterocycles. The van der Waals surface area contributed by atoms with Crippen molar-refractivity contribution in [2.45, 2.75) is 0 Å². The summed E-state index contributed by atoms with van der Waals surface area (Å²) >= 11 is 5.59. The van der Waals surface area contributed by atoms with Crippen molar-refractivity contribution in [1.82, 2.24) is 5.32 Å². The number of halogens is 3. The fourth-order valence-corrected chi connectivity index (χ4v) is 1.34. The maximum absolute atomic E-state index is 13.3. The molecule has 0 unspecified atom stereocenters. The van der Waals surface area contributed by atoms with E-state index in [0.717, 1.165) is 6.07 Å². The first-order chi connectivity index (χ1) is 8.04. The second-order valence-corrected chi connectivity index (χ2v) is 3.51. The van der Waals surface area contributed by atoms with Gasteiger partial charge in [0, 0.05) is 6.07 Å². The molecule has 0 spiro atoms. The Kier molecular flexibility index (Phi) is 4.88. The van der Waals surface area contributed by atoms with E-state index in [-0.39, 0.29) is 23.8 Å². The minimum atomic E-state index is -0.930. The largest absolute Gasteiger partial charge is 0.321 e. The van der Waals surface area contributed by atoms with E-state index in [9.17, 15) is 13.6 Å². The maximum Gasteiger partial charge on any atom is 0.238 e. The summed E-state index contributed by atoms with van der Waals surface area (Å²) in [6, 6.07) is 1.55. The number of benzene rings is 1. The molecule has 2 N–H and O–H groups in total. The molecule has 0 aliphatic carbocycles. The Hall–Kier alpha value is -1.64. The second-order valence-electron chi connectivity index (χ2n) is 3.10. The van der Waals surface area contributed by atoms with Crippen LogP contribution >= 0.6 is 11.6 Å². The SMILES string of the molecule is C#CCNCC(=O)Nc1c(F)cc(F)cc1Cl. The number of hydrogen-bond acceptors (Lipinski definition) is 2. The van der Waals surface area contributed by atoms with Crippen molar-refractivity contribution >= 4 is 23.2 Å². The van der Waals surface area contributed by atoms with Crippen molar-refractivity contribution in [3.05, 3.63) is 28.8 Å². The van der Waals surface area contributed by atoms with E-state index in [1.165, 1.54) is 0 Å². The number of anilines is 1. The number of amides is 1. The van der Waals surface area contributed by atoms with E-state index in [4.69, 9.17) is 18.0 Å². The van der Waals surface area contributed by atoms with Gasteiger partial charge in [0.05, 0.1) is 23.8 Å². The minimum absolute atomic E-state index is 0.0860. The number of carbonyl (C=O) groups excluding carboxylic acids is 1. The maximum atomic E-state index is 13.3. The van der Waals surface area contributed by atoms with Gasteiger partial charge in [0.25, 0.3) is 0 Å². The van der Waals surface area contributed by atoms with E-state index in [1.54, 1.807) is 0 Å². The first-order valence-corrected chi connectivity index (χ1v) is 5.01. The van der Waals surface area contributed by atoms with Gasteiger partial charge in [-0.3, -0.25) is 10.1 Å². The normalized spacial score (nSPS) is 9.76. The average molecular weight is 259 g/mol. The van der Waals surface area contributed by atoms with Gasteiger partial charge in [-0.1, -0.05) is 17.5 Å². The van der Waals surface area contributed by atoms with Gasteiger partial charge in [0.2, 0.25) is 5.91 Å². The molecule has 1 aromatic rings. The highest BCUT2D eigenvalue weighted by atomic mass is 35.5. The Labute approximate surface area is 102 Å². The molecule has 0 bridgehead atoms. The molecule has 1 amide bonds. The van der Waals surface area contributed by atoms with Crippen LogP contribution in [0, 0.1) is 24.0 Å². The topological polar surface area (TPSA) is 41.1 Å². The highest BCUT2D eigenvalue weighted by Gasteiger charge is 2.12. The van der Waals surface area contributed by atoms with Gasteiger partial charge in [-0.2, -0.15) is 0 Å². The highest BCUT2D eigenvalue weighted by Crippen LogP contribution is 2.26. The summed E-state index contributed by atoms with van der Waals surface area (Å²) in [5, 5.41) is 4.64. The lowest BCUT2D eigenvalue weighted by Crippen LogP contribution is -2.28. The lowest BCUT2D eigenvalue weighted by Gasteiger charge is -2.08. The van der Waals surface area contributed by atoms with Gasteiger partial charge in [0.1, 0.15) is 5.82 Å². The predicted octanol–water partition coefficient (Wildman–Crippen LogP) is 1.78. The van der Waals surface area contributed by atoms with Gasteiger partial charge in [0.15, 0.2) is 5.82 Å². The molecule has 1 rings (SSSR count). The van der Waals surface area contributed by atoms with Crippen LogP contribution in [0.2, 0.25) is 5.02 Å². The summed E-state index contributed by atoms with van der Waals surface area (Å²) in [7, 11) is 0. The summed E-state index contributed by atoms with van der Waals surface area (Å²) in [4.78, 5) is 11.3. The zero-order valence-corrected chi connectivity index (χ0v) is 9.44. The van der Waals surface area contributed by atoms with Crippen molar-refractivity contribution in [1.29, 1.82) is 0 Å². The van der Waals surface area contributed by atoms with Crippen LogP contribution in [0.15, 0.2) is 12.1 Å². The third-order valence-electron chi connectivity index (χ3n) is 1.78. The van der Waals surface area contributed by atoms with Crippen LogP contribution in [0.1, 0.15) is 0 Å². The van der Waals surface area contributed by atoms with Gasteiger partial charge in [-0.15, -0.1) is 6.42 Å². The monoisotopic (exact) mass is 258 g/mol. The van der Waals surface area contributed by atoms with Gasteiger partial charge < -0.3 is 5.32 Å². The molecule has 0 aliphatic heterocycles. The van der Waals surface area contributed by atoms with Crippen LogP contribution in [0.4, 0.5) is 14.5 Å². The Bertz CT molecular complexity index is 448. The Balaban J connectivity index is 2.69. The van der Waals surface area contributed by atoms with Gasteiger partial charge in [-0.25, -0.2) is 8.78 Å². The zero-order valence-electron chi connectivity index (χ0n) is 8.69. The number of hydrogen-bond donors (Lipinski definition) is 2. The van der Waals surface area contributed by atoms with Crippen LogP contribution in [0.25, 0.3) is 0 Å². The third kappa shape index (κ3) is 4.02. The molecule has 0 fully saturated rings. The van der Waals surface area contributed by atoms with Gasteiger partial charge >= 0.3 is 0 Å². The van der Waals surface area contributed by atoms with Crippen LogP contribution in [0.5, 0.6) is 0 Å². The minimum Gasteiger partial charge on any atom is -0.321 e. The third-order valence-corrected chi connectivity index (χ3v) is 2.08. The molecule has 0 atom stereocenters. The number of carbonyl (C=O) groups is 1. The van der Waals surface area contributed by atoms with E-state index >= 15 is 0 Å². The molecule has 0 saturated heterocycles. The molecule has 0 aliphatic rings.